The van der Waals surface area contributed by atoms with Gasteiger partial charge in [0.15, 0.2) is 0 Å². The Morgan fingerprint density at radius 3 is 2.40 bits per heavy atom. The molecule has 0 saturated carbocycles. The maximum atomic E-state index is 11.1. The van der Waals surface area contributed by atoms with E-state index in [9.17, 15) is 9.59 Å². The lowest BCUT2D eigenvalue weighted by Crippen LogP contribution is -2.21. The lowest BCUT2D eigenvalue weighted by atomic mass is 10.2. The number of benzene rings is 1. The molecule has 0 atom stereocenters. The molecule has 1 aromatic carbocycles. The zero-order chi connectivity index (χ0) is 10.8. The highest BCUT2D eigenvalue weighted by Crippen LogP contribution is 2.17. The second kappa shape index (κ2) is 3.57. The Kier molecular flexibility index (Phi) is 2.25. The molecule has 4 nitrogen and oxygen atoms in total. The minimum atomic E-state index is -0.834. The van der Waals surface area contributed by atoms with Crippen LogP contribution in [0.4, 0.5) is 0 Å². The third-order valence-electron chi connectivity index (χ3n) is 2.10. The van der Waals surface area contributed by atoms with Crippen LogP contribution in [0.2, 0.25) is 0 Å². The van der Waals surface area contributed by atoms with Crippen molar-refractivity contribution in [2.75, 3.05) is 7.05 Å². The highest BCUT2D eigenvalue weighted by Gasteiger charge is 2.33. The van der Waals surface area contributed by atoms with Crippen LogP contribution in [-0.2, 0) is 14.3 Å². The number of carbonyl (C=O) groups excluding carboxylic acids is 2. The largest absolute Gasteiger partial charge is 0.404 e. The molecule has 15 heavy (non-hydrogen) atoms. The summed E-state index contributed by atoms with van der Waals surface area (Å²) in [6.45, 7) is 0. The SMILES string of the molecule is CN1C(=O)C(=O)OC1=Cc1ccccc1. The van der Waals surface area contributed by atoms with E-state index in [4.69, 9.17) is 4.74 Å². The number of nitrogens with zero attached hydrogens (tertiary/aromatic N) is 1. The molecule has 0 N–H and O–H groups in total. The van der Waals surface area contributed by atoms with Crippen molar-refractivity contribution in [3.8, 4) is 0 Å². The number of cyclic esters (lactones) is 1. The Morgan fingerprint density at radius 1 is 1.20 bits per heavy atom. The molecule has 0 aromatic heterocycles. The fraction of sp³-hybridized carbons (Fsp3) is 0.0909. The molecule has 1 amide bonds. The average Bonchev–Trinajstić information content (AvgIpc) is 2.48. The average molecular weight is 203 g/mol. The van der Waals surface area contributed by atoms with Crippen LogP contribution < -0.4 is 0 Å². The summed E-state index contributed by atoms with van der Waals surface area (Å²) >= 11 is 0. The number of hydrogen-bond acceptors (Lipinski definition) is 3. The number of esters is 1. The molecule has 1 saturated heterocycles. The first-order valence-electron chi connectivity index (χ1n) is 4.45. The van der Waals surface area contributed by atoms with E-state index in [-0.39, 0.29) is 5.88 Å². The molecule has 1 aromatic rings. The molecule has 0 radical (unpaired) electrons. The monoisotopic (exact) mass is 203 g/mol. The van der Waals surface area contributed by atoms with Gasteiger partial charge in [0.05, 0.1) is 0 Å². The number of hydrogen-bond donors (Lipinski definition) is 0. The summed E-state index contributed by atoms with van der Waals surface area (Å²) in [7, 11) is 1.50. The molecule has 0 aliphatic carbocycles. The standard InChI is InChI=1S/C11H9NO3/c1-12-9(15-11(14)10(12)13)7-8-5-3-2-4-6-8/h2-7H,1H3. The molecule has 1 fully saturated rings. The van der Waals surface area contributed by atoms with Gasteiger partial charge in [0.1, 0.15) is 0 Å². The summed E-state index contributed by atoms with van der Waals surface area (Å²) in [6, 6.07) is 9.34. The van der Waals surface area contributed by atoms with Crippen molar-refractivity contribution in [3.63, 3.8) is 0 Å². The van der Waals surface area contributed by atoms with Crippen LogP contribution >= 0.6 is 0 Å². The quantitative estimate of drug-likeness (QED) is 0.505. The van der Waals surface area contributed by atoms with Crippen LogP contribution in [-0.4, -0.2) is 23.8 Å². The first-order valence-corrected chi connectivity index (χ1v) is 4.45. The van der Waals surface area contributed by atoms with Gasteiger partial charge in [-0.2, -0.15) is 0 Å². The van der Waals surface area contributed by atoms with Crippen molar-refractivity contribution in [2.24, 2.45) is 0 Å². The van der Waals surface area contributed by atoms with Crippen molar-refractivity contribution < 1.29 is 14.3 Å². The van der Waals surface area contributed by atoms with Crippen LogP contribution in [0.5, 0.6) is 0 Å². The van der Waals surface area contributed by atoms with E-state index in [1.165, 1.54) is 11.9 Å². The summed E-state index contributed by atoms with van der Waals surface area (Å²) in [5.74, 6) is -1.21. The molecule has 0 unspecified atom stereocenters. The maximum absolute atomic E-state index is 11.1. The summed E-state index contributed by atoms with van der Waals surface area (Å²) < 4.78 is 4.79. The molecule has 0 bridgehead atoms. The fourth-order valence-electron chi connectivity index (χ4n) is 1.26. The van der Waals surface area contributed by atoms with E-state index in [1.807, 2.05) is 30.3 Å². The summed E-state index contributed by atoms with van der Waals surface area (Å²) in [5, 5.41) is 0. The number of amides is 1. The van der Waals surface area contributed by atoms with Gasteiger partial charge in [0.2, 0.25) is 5.88 Å². The molecule has 1 heterocycles. The summed E-state index contributed by atoms with van der Waals surface area (Å²) in [4.78, 5) is 23.2. The zero-order valence-electron chi connectivity index (χ0n) is 8.14. The summed E-state index contributed by atoms with van der Waals surface area (Å²) in [5.41, 5.74) is 0.877. The van der Waals surface area contributed by atoms with Gasteiger partial charge < -0.3 is 4.74 Å². The Bertz CT molecular complexity index is 436. The second-order valence-corrected chi connectivity index (χ2v) is 3.15. The van der Waals surface area contributed by atoms with E-state index >= 15 is 0 Å². The minimum Gasteiger partial charge on any atom is -0.402 e. The smallest absolute Gasteiger partial charge is 0.402 e. The molecule has 4 heteroatoms. The second-order valence-electron chi connectivity index (χ2n) is 3.15. The lowest BCUT2D eigenvalue weighted by Gasteiger charge is -2.05. The molecular weight excluding hydrogens is 194 g/mol. The molecule has 0 spiro atoms. The van der Waals surface area contributed by atoms with E-state index in [0.717, 1.165) is 5.56 Å². The van der Waals surface area contributed by atoms with Crippen LogP contribution in [0.15, 0.2) is 36.2 Å². The van der Waals surface area contributed by atoms with Gasteiger partial charge >= 0.3 is 11.9 Å². The Morgan fingerprint density at radius 2 is 1.87 bits per heavy atom. The number of rotatable bonds is 1. The molecule has 1 aliphatic rings. The van der Waals surface area contributed by atoms with Gasteiger partial charge in [-0.25, -0.2) is 4.79 Å². The van der Waals surface area contributed by atoms with Crippen LogP contribution in [0, 0.1) is 0 Å². The minimum absolute atomic E-state index is 0.260. The van der Waals surface area contributed by atoms with Gasteiger partial charge in [-0.3, -0.25) is 9.69 Å². The number of ether oxygens (including phenoxy) is 1. The third kappa shape index (κ3) is 1.74. The first-order chi connectivity index (χ1) is 7.18. The van der Waals surface area contributed by atoms with Gasteiger partial charge in [-0.15, -0.1) is 0 Å². The van der Waals surface area contributed by atoms with Gasteiger partial charge in [-0.05, 0) is 5.56 Å². The highest BCUT2D eigenvalue weighted by molar-refractivity contribution is 6.35. The predicted octanol–water partition coefficient (Wildman–Crippen LogP) is 1.00. The van der Waals surface area contributed by atoms with Crippen molar-refractivity contribution in [1.29, 1.82) is 0 Å². The first kappa shape index (κ1) is 9.45. The Labute approximate surface area is 86.8 Å². The molecular formula is C11H9NO3. The predicted molar refractivity (Wildman–Crippen MR) is 53.3 cm³/mol. The molecule has 76 valence electrons. The van der Waals surface area contributed by atoms with Crippen LogP contribution in [0.25, 0.3) is 6.08 Å². The zero-order valence-corrected chi connectivity index (χ0v) is 8.14. The third-order valence-corrected chi connectivity index (χ3v) is 2.10. The van der Waals surface area contributed by atoms with Crippen molar-refractivity contribution in [2.45, 2.75) is 0 Å². The fourth-order valence-corrected chi connectivity index (χ4v) is 1.26. The Balaban J connectivity index is 2.30. The van der Waals surface area contributed by atoms with E-state index in [0.29, 0.717) is 0 Å². The molecule has 1 aliphatic heterocycles. The number of likely N-dealkylation sites (N-methyl/N-ethyl adjacent to an activating group) is 1. The highest BCUT2D eigenvalue weighted by atomic mass is 16.6. The number of carbonyl (C=O) groups is 2. The van der Waals surface area contributed by atoms with Gasteiger partial charge in [-0.1, -0.05) is 30.3 Å². The maximum Gasteiger partial charge on any atom is 0.404 e. The van der Waals surface area contributed by atoms with Crippen molar-refractivity contribution >= 4 is 18.0 Å². The van der Waals surface area contributed by atoms with Crippen LogP contribution in [0.3, 0.4) is 0 Å². The van der Waals surface area contributed by atoms with E-state index in [1.54, 1.807) is 6.08 Å². The van der Waals surface area contributed by atoms with Crippen molar-refractivity contribution in [3.05, 3.63) is 41.8 Å². The lowest BCUT2D eigenvalue weighted by molar-refractivity contribution is -0.147. The van der Waals surface area contributed by atoms with E-state index < -0.39 is 11.9 Å². The molecule has 2 rings (SSSR count). The summed E-state index contributed by atoms with van der Waals surface area (Å²) in [6.07, 6.45) is 1.64. The topological polar surface area (TPSA) is 46.6 Å². The van der Waals surface area contributed by atoms with Crippen LogP contribution in [0.1, 0.15) is 5.56 Å². The Hall–Kier alpha value is -2.10. The van der Waals surface area contributed by atoms with Crippen molar-refractivity contribution in [1.82, 2.24) is 4.90 Å². The van der Waals surface area contributed by atoms with Gasteiger partial charge in [0.25, 0.3) is 0 Å². The normalized spacial score (nSPS) is 18.5. The van der Waals surface area contributed by atoms with Gasteiger partial charge in [0, 0.05) is 13.1 Å². The van der Waals surface area contributed by atoms with E-state index in [2.05, 4.69) is 0 Å².